The topological polar surface area (TPSA) is 155 Å². The van der Waals surface area contributed by atoms with Crippen LogP contribution in [-0.2, 0) is 25.1 Å². The highest BCUT2D eigenvalue weighted by molar-refractivity contribution is 7.52. The second kappa shape index (κ2) is 21.7. The summed E-state index contributed by atoms with van der Waals surface area (Å²) >= 11 is 0. The number of aromatic amines is 1. The van der Waals surface area contributed by atoms with Gasteiger partial charge in [0, 0.05) is 19.6 Å². The first-order valence-electron chi connectivity index (χ1n) is 16.0. The molecule has 0 saturated heterocycles. The Hall–Kier alpha value is -1.99. The van der Waals surface area contributed by atoms with Crippen LogP contribution < -0.4 is 11.3 Å². The Morgan fingerprint density at radius 2 is 1.36 bits per heavy atom. The third-order valence-electron chi connectivity index (χ3n) is 7.24. The lowest BCUT2D eigenvalue weighted by Gasteiger charge is -2.13. The van der Waals surface area contributed by atoms with Crippen molar-refractivity contribution in [2.24, 2.45) is 0 Å². The minimum Gasteiger partial charge on any atom is -0.379 e. The maximum absolute atomic E-state index is 12.1. The van der Waals surface area contributed by atoms with Crippen LogP contribution >= 0.6 is 7.60 Å². The van der Waals surface area contributed by atoms with Gasteiger partial charge >= 0.3 is 13.8 Å². The van der Waals surface area contributed by atoms with Crippen molar-refractivity contribution in [2.45, 2.75) is 122 Å². The van der Waals surface area contributed by atoms with Crippen LogP contribution in [0.1, 0.15) is 109 Å². The smallest absolute Gasteiger partial charge is 0.379 e. The number of fused-ring (bicyclic) bond motifs is 1. The molecule has 0 aliphatic heterocycles. The average Bonchev–Trinajstić information content (AvgIpc) is 3.36. The molecule has 0 amide bonds. The standard InChI is InChI=1S/C29H51F3N5O6P/c30-29(31,32)17-15-13-11-9-7-5-3-1-2-4-6-8-10-12-14-16-19-41-21-22-43-44(39,40)24-42-20-18-37-23-34-25-26(37)35-28(33)36-27(25)38/h23H,1-22,24H2,(H,39,40)(H3,33,35,36,38). The van der Waals surface area contributed by atoms with Crippen LogP contribution in [0.4, 0.5) is 19.1 Å². The van der Waals surface area contributed by atoms with Gasteiger partial charge in [-0.3, -0.25) is 14.3 Å². The molecule has 15 heteroatoms. The van der Waals surface area contributed by atoms with E-state index >= 15 is 0 Å². The van der Waals surface area contributed by atoms with Crippen LogP contribution in [-0.4, -0.2) is 63.4 Å². The maximum atomic E-state index is 12.1. The van der Waals surface area contributed by atoms with Crippen molar-refractivity contribution >= 4 is 24.7 Å². The van der Waals surface area contributed by atoms with Gasteiger partial charge in [-0.1, -0.05) is 89.9 Å². The van der Waals surface area contributed by atoms with Gasteiger partial charge in [-0.2, -0.15) is 18.2 Å². The predicted molar refractivity (Wildman–Crippen MR) is 165 cm³/mol. The Morgan fingerprint density at radius 1 is 0.818 bits per heavy atom. The van der Waals surface area contributed by atoms with E-state index in [0.29, 0.717) is 18.7 Å². The number of alkyl halides is 3. The fraction of sp³-hybridized carbons (Fsp3) is 0.828. The van der Waals surface area contributed by atoms with E-state index in [0.717, 1.165) is 32.1 Å². The number of anilines is 1. The minimum absolute atomic E-state index is 0.000628. The Labute approximate surface area is 258 Å². The van der Waals surface area contributed by atoms with Crippen LogP contribution in [0.2, 0.25) is 0 Å². The normalized spacial score (nSPS) is 13.5. The fourth-order valence-electron chi connectivity index (χ4n) is 4.86. The first kappa shape index (κ1) is 38.2. The summed E-state index contributed by atoms with van der Waals surface area (Å²) in [6.45, 7) is 1.17. The zero-order valence-corrected chi connectivity index (χ0v) is 26.7. The number of nitrogens with two attached hydrogens (primary N) is 1. The van der Waals surface area contributed by atoms with Gasteiger partial charge in [0.1, 0.15) is 6.35 Å². The first-order valence-corrected chi connectivity index (χ1v) is 17.7. The van der Waals surface area contributed by atoms with Gasteiger partial charge in [0.2, 0.25) is 5.95 Å². The van der Waals surface area contributed by atoms with Crippen molar-refractivity contribution in [1.82, 2.24) is 19.5 Å². The number of halogens is 3. The summed E-state index contributed by atoms with van der Waals surface area (Å²) in [5.41, 5.74) is 5.59. The van der Waals surface area contributed by atoms with Gasteiger partial charge < -0.3 is 29.2 Å². The van der Waals surface area contributed by atoms with Crippen molar-refractivity contribution in [1.29, 1.82) is 0 Å². The number of hydrogen-bond acceptors (Lipinski definition) is 8. The largest absolute Gasteiger partial charge is 0.389 e. The molecule has 0 aromatic carbocycles. The lowest BCUT2D eigenvalue weighted by atomic mass is 10.0. The van der Waals surface area contributed by atoms with Gasteiger partial charge in [0.05, 0.1) is 26.1 Å². The number of aromatic nitrogens is 4. The number of nitrogens with one attached hydrogen (secondary N) is 1. The summed E-state index contributed by atoms with van der Waals surface area (Å²) in [5, 5.41) is 0. The molecule has 0 aliphatic carbocycles. The molecule has 2 aromatic heterocycles. The Kier molecular flexibility index (Phi) is 18.8. The molecule has 1 unspecified atom stereocenters. The lowest BCUT2D eigenvalue weighted by Crippen LogP contribution is -2.13. The van der Waals surface area contributed by atoms with Gasteiger partial charge in [0.15, 0.2) is 11.2 Å². The molecule has 0 radical (unpaired) electrons. The lowest BCUT2D eigenvalue weighted by molar-refractivity contribution is -0.135. The molecule has 0 saturated carbocycles. The van der Waals surface area contributed by atoms with Gasteiger partial charge in [-0.25, -0.2) is 4.98 Å². The second-order valence-corrected chi connectivity index (χ2v) is 13.0. The highest BCUT2D eigenvalue weighted by atomic mass is 31.2. The summed E-state index contributed by atoms with van der Waals surface area (Å²) < 4.78 is 65.8. The molecule has 0 fully saturated rings. The minimum atomic E-state index is -4.01. The molecule has 0 bridgehead atoms. The summed E-state index contributed by atoms with van der Waals surface area (Å²) in [6.07, 6.45) is 13.4. The number of nitrogen functional groups attached to an aromatic ring is 1. The Balaban J connectivity index is 1.31. The van der Waals surface area contributed by atoms with Crippen molar-refractivity contribution in [2.75, 3.05) is 38.5 Å². The number of hydrogen-bond donors (Lipinski definition) is 3. The molecule has 44 heavy (non-hydrogen) atoms. The molecule has 11 nitrogen and oxygen atoms in total. The summed E-state index contributed by atoms with van der Waals surface area (Å²) in [4.78, 5) is 32.1. The highest BCUT2D eigenvalue weighted by Gasteiger charge is 2.25. The summed E-state index contributed by atoms with van der Waals surface area (Å²) in [6, 6.07) is 0. The van der Waals surface area contributed by atoms with E-state index in [-0.39, 0.29) is 44.3 Å². The van der Waals surface area contributed by atoms with E-state index in [1.54, 1.807) is 4.57 Å². The molecular formula is C29H51F3N5O6P. The monoisotopic (exact) mass is 653 g/mol. The number of H-pyrrole nitrogens is 1. The number of rotatable bonds is 27. The van der Waals surface area contributed by atoms with Crippen molar-refractivity contribution in [3.8, 4) is 0 Å². The quantitative estimate of drug-likeness (QED) is 0.0677. The molecule has 2 aromatic rings. The maximum Gasteiger partial charge on any atom is 0.389 e. The van der Waals surface area contributed by atoms with Crippen LogP contribution in [0, 0.1) is 0 Å². The molecule has 2 heterocycles. The first-order chi connectivity index (χ1) is 21.1. The van der Waals surface area contributed by atoms with Crippen LogP contribution in [0.5, 0.6) is 0 Å². The zero-order valence-electron chi connectivity index (χ0n) is 25.8. The fourth-order valence-corrected chi connectivity index (χ4v) is 5.65. The summed E-state index contributed by atoms with van der Waals surface area (Å²) in [5.74, 6) is -0.0254. The van der Waals surface area contributed by atoms with Crippen LogP contribution in [0.3, 0.4) is 0 Å². The predicted octanol–water partition coefficient (Wildman–Crippen LogP) is 7.09. The summed E-state index contributed by atoms with van der Waals surface area (Å²) in [7, 11) is -3.91. The van der Waals surface area contributed by atoms with Crippen molar-refractivity contribution < 1.29 is 36.6 Å². The zero-order chi connectivity index (χ0) is 32.1. The SMILES string of the molecule is Nc1nc2c(ncn2CCOCP(=O)(O)OCCOCCCCCCCCCCCCCCCCCCC(F)(F)F)c(=O)[nH]1. The van der Waals surface area contributed by atoms with Gasteiger partial charge in [0.25, 0.3) is 5.56 Å². The van der Waals surface area contributed by atoms with E-state index in [2.05, 4.69) is 15.0 Å². The molecule has 1 atom stereocenters. The molecule has 4 N–H and O–H groups in total. The van der Waals surface area contributed by atoms with E-state index in [4.69, 9.17) is 19.7 Å². The average molecular weight is 654 g/mol. The molecule has 0 spiro atoms. The van der Waals surface area contributed by atoms with Crippen LogP contribution in [0.25, 0.3) is 11.2 Å². The highest BCUT2D eigenvalue weighted by Crippen LogP contribution is 2.41. The Bertz CT molecular complexity index is 1150. The van der Waals surface area contributed by atoms with Gasteiger partial charge in [-0.15, -0.1) is 0 Å². The van der Waals surface area contributed by atoms with Crippen molar-refractivity contribution in [3.63, 3.8) is 0 Å². The van der Waals surface area contributed by atoms with Gasteiger partial charge in [-0.05, 0) is 12.8 Å². The van der Waals surface area contributed by atoms with E-state index in [1.807, 2.05) is 0 Å². The van der Waals surface area contributed by atoms with E-state index < -0.39 is 32.1 Å². The molecular weight excluding hydrogens is 602 g/mol. The number of nitrogens with zero attached hydrogens (tertiary/aromatic N) is 3. The number of unbranched alkanes of at least 4 members (excludes halogenated alkanes) is 15. The van der Waals surface area contributed by atoms with E-state index in [9.17, 15) is 27.4 Å². The Morgan fingerprint density at radius 3 is 1.93 bits per heavy atom. The van der Waals surface area contributed by atoms with E-state index in [1.165, 1.54) is 64.1 Å². The molecule has 254 valence electrons. The molecule has 0 aliphatic rings. The third kappa shape index (κ3) is 18.1. The van der Waals surface area contributed by atoms with Crippen molar-refractivity contribution in [3.05, 3.63) is 16.7 Å². The molecule has 2 rings (SSSR count). The van der Waals surface area contributed by atoms with Crippen LogP contribution in [0.15, 0.2) is 11.1 Å². The number of imidazole rings is 1. The second-order valence-electron chi connectivity index (χ2n) is 11.2. The number of ether oxygens (including phenoxy) is 2. The third-order valence-corrected chi connectivity index (χ3v) is 8.34.